The number of benzene rings is 2. The molecular formula is C21H19N3O2S2. The maximum absolute atomic E-state index is 12.7. The van der Waals surface area contributed by atoms with E-state index in [1.165, 1.54) is 22.5 Å². The SMILES string of the molecule is Cc1cc2oc(C(=O)Nc3nnc(SCc4ccccc4)s3)c(C)c2cc1C. The molecule has 0 spiro atoms. The second-order valence-corrected chi connectivity index (χ2v) is 8.79. The van der Waals surface area contributed by atoms with E-state index in [1.807, 2.05) is 38.1 Å². The first-order chi connectivity index (χ1) is 13.5. The van der Waals surface area contributed by atoms with Gasteiger partial charge in [-0.2, -0.15) is 0 Å². The van der Waals surface area contributed by atoms with Crippen molar-refractivity contribution >= 4 is 45.1 Å². The second kappa shape index (κ2) is 7.77. The van der Waals surface area contributed by atoms with E-state index >= 15 is 0 Å². The molecule has 7 heteroatoms. The third-order valence-corrected chi connectivity index (χ3v) is 6.63. The van der Waals surface area contributed by atoms with Crippen molar-refractivity contribution in [1.29, 1.82) is 0 Å². The van der Waals surface area contributed by atoms with Gasteiger partial charge in [0.2, 0.25) is 5.13 Å². The summed E-state index contributed by atoms with van der Waals surface area (Å²) < 4.78 is 6.63. The fraction of sp³-hybridized carbons (Fsp3) is 0.190. The van der Waals surface area contributed by atoms with Crippen LogP contribution in [0.15, 0.2) is 51.2 Å². The maximum Gasteiger partial charge on any atom is 0.293 e. The Morgan fingerprint density at radius 1 is 1.11 bits per heavy atom. The molecule has 0 saturated heterocycles. The number of anilines is 1. The van der Waals surface area contributed by atoms with Crippen molar-refractivity contribution in [3.63, 3.8) is 0 Å². The van der Waals surface area contributed by atoms with Crippen molar-refractivity contribution in [3.8, 4) is 0 Å². The highest BCUT2D eigenvalue weighted by Gasteiger charge is 2.20. The van der Waals surface area contributed by atoms with Crippen LogP contribution in [-0.2, 0) is 5.75 Å². The quantitative estimate of drug-likeness (QED) is 0.335. The van der Waals surface area contributed by atoms with E-state index in [2.05, 4.69) is 40.6 Å². The first-order valence-corrected chi connectivity index (χ1v) is 10.6. The van der Waals surface area contributed by atoms with Gasteiger partial charge in [-0.25, -0.2) is 0 Å². The van der Waals surface area contributed by atoms with E-state index in [1.54, 1.807) is 11.8 Å². The lowest BCUT2D eigenvalue weighted by Crippen LogP contribution is -2.11. The normalized spacial score (nSPS) is 11.1. The van der Waals surface area contributed by atoms with E-state index in [4.69, 9.17) is 4.42 Å². The van der Waals surface area contributed by atoms with Crippen LogP contribution in [0.5, 0.6) is 0 Å². The summed E-state index contributed by atoms with van der Waals surface area (Å²) >= 11 is 2.96. The van der Waals surface area contributed by atoms with Crippen LogP contribution in [-0.4, -0.2) is 16.1 Å². The van der Waals surface area contributed by atoms with Gasteiger partial charge in [-0.3, -0.25) is 10.1 Å². The van der Waals surface area contributed by atoms with Crippen LogP contribution < -0.4 is 5.32 Å². The van der Waals surface area contributed by atoms with Crippen LogP contribution in [0.3, 0.4) is 0 Å². The number of carbonyl (C=O) groups is 1. The molecule has 0 radical (unpaired) electrons. The Morgan fingerprint density at radius 2 is 1.86 bits per heavy atom. The van der Waals surface area contributed by atoms with Crippen molar-refractivity contribution in [3.05, 3.63) is 70.5 Å². The summed E-state index contributed by atoms with van der Waals surface area (Å²) in [6.07, 6.45) is 0. The van der Waals surface area contributed by atoms with Crippen LogP contribution in [0.4, 0.5) is 5.13 Å². The first kappa shape index (κ1) is 18.7. The molecule has 0 aliphatic heterocycles. The summed E-state index contributed by atoms with van der Waals surface area (Å²) in [7, 11) is 0. The summed E-state index contributed by atoms with van der Waals surface area (Å²) in [5.74, 6) is 0.818. The summed E-state index contributed by atoms with van der Waals surface area (Å²) in [5.41, 5.74) is 5.09. The van der Waals surface area contributed by atoms with Gasteiger partial charge in [0.25, 0.3) is 5.91 Å². The lowest BCUT2D eigenvalue weighted by molar-refractivity contribution is 0.0998. The zero-order chi connectivity index (χ0) is 19.7. The van der Waals surface area contributed by atoms with Crippen LogP contribution in [0.2, 0.25) is 0 Å². The number of thioether (sulfide) groups is 1. The molecule has 5 nitrogen and oxygen atoms in total. The van der Waals surface area contributed by atoms with Crippen molar-refractivity contribution < 1.29 is 9.21 Å². The Morgan fingerprint density at radius 3 is 2.64 bits per heavy atom. The smallest absolute Gasteiger partial charge is 0.293 e. The number of aryl methyl sites for hydroxylation is 3. The molecule has 0 bridgehead atoms. The molecular weight excluding hydrogens is 390 g/mol. The summed E-state index contributed by atoms with van der Waals surface area (Å²) in [5, 5.41) is 12.5. The first-order valence-electron chi connectivity index (χ1n) is 8.83. The zero-order valence-electron chi connectivity index (χ0n) is 15.8. The molecule has 0 fully saturated rings. The van der Waals surface area contributed by atoms with E-state index in [0.717, 1.165) is 32.2 Å². The Hall–Kier alpha value is -2.64. The Bertz CT molecular complexity index is 1150. The minimum atomic E-state index is -0.306. The number of hydrogen-bond acceptors (Lipinski definition) is 6. The van der Waals surface area contributed by atoms with Gasteiger partial charge in [0, 0.05) is 16.7 Å². The summed E-state index contributed by atoms with van der Waals surface area (Å²) in [4.78, 5) is 12.7. The van der Waals surface area contributed by atoms with Gasteiger partial charge < -0.3 is 4.42 Å². The number of hydrogen-bond donors (Lipinski definition) is 1. The highest BCUT2D eigenvalue weighted by molar-refractivity contribution is 8.00. The van der Waals surface area contributed by atoms with E-state index in [0.29, 0.717) is 10.9 Å². The fourth-order valence-corrected chi connectivity index (χ4v) is 4.59. The van der Waals surface area contributed by atoms with E-state index in [-0.39, 0.29) is 5.91 Å². The molecule has 1 amide bonds. The number of carbonyl (C=O) groups excluding carboxylic acids is 1. The molecule has 0 atom stereocenters. The number of nitrogens with one attached hydrogen (secondary N) is 1. The van der Waals surface area contributed by atoms with Gasteiger partial charge in [-0.15, -0.1) is 10.2 Å². The molecule has 0 aliphatic carbocycles. The van der Waals surface area contributed by atoms with Gasteiger partial charge in [0.1, 0.15) is 5.58 Å². The average molecular weight is 410 g/mol. The lowest BCUT2D eigenvalue weighted by Gasteiger charge is -1.99. The molecule has 0 aliphatic rings. The molecule has 0 saturated carbocycles. The summed E-state index contributed by atoms with van der Waals surface area (Å²) in [6.45, 7) is 5.98. The largest absolute Gasteiger partial charge is 0.451 e. The molecule has 2 heterocycles. The molecule has 142 valence electrons. The van der Waals surface area contributed by atoms with Crippen molar-refractivity contribution in [2.45, 2.75) is 30.9 Å². The molecule has 2 aromatic carbocycles. The van der Waals surface area contributed by atoms with Crippen LogP contribution >= 0.6 is 23.1 Å². The number of furan rings is 1. The van der Waals surface area contributed by atoms with Crippen molar-refractivity contribution in [2.75, 3.05) is 5.32 Å². The summed E-state index contributed by atoms with van der Waals surface area (Å²) in [6, 6.07) is 14.2. The minimum absolute atomic E-state index is 0.306. The predicted molar refractivity (Wildman–Crippen MR) is 114 cm³/mol. The lowest BCUT2D eigenvalue weighted by atomic mass is 10.1. The minimum Gasteiger partial charge on any atom is -0.451 e. The van der Waals surface area contributed by atoms with Gasteiger partial charge in [0.05, 0.1) is 0 Å². The van der Waals surface area contributed by atoms with Crippen LogP contribution in [0.25, 0.3) is 11.0 Å². The van der Waals surface area contributed by atoms with Gasteiger partial charge in [-0.05, 0) is 49.6 Å². The Balaban J connectivity index is 1.47. The molecule has 28 heavy (non-hydrogen) atoms. The third-order valence-electron chi connectivity index (χ3n) is 4.59. The zero-order valence-corrected chi connectivity index (χ0v) is 17.4. The van der Waals surface area contributed by atoms with Gasteiger partial charge in [-0.1, -0.05) is 53.4 Å². The second-order valence-electron chi connectivity index (χ2n) is 6.59. The number of aromatic nitrogens is 2. The van der Waals surface area contributed by atoms with Crippen LogP contribution in [0, 0.1) is 20.8 Å². The third kappa shape index (κ3) is 3.81. The Labute approximate surface area is 171 Å². The topological polar surface area (TPSA) is 68.0 Å². The monoisotopic (exact) mass is 409 g/mol. The van der Waals surface area contributed by atoms with Gasteiger partial charge >= 0.3 is 0 Å². The standard InChI is InChI=1S/C21H19N3O2S2/c1-12-9-16-14(3)18(26-17(16)10-13(12)2)19(25)22-20-23-24-21(28-20)27-11-15-7-5-4-6-8-15/h4-10H,11H2,1-3H3,(H,22,23,25). The molecule has 2 aromatic heterocycles. The van der Waals surface area contributed by atoms with Crippen LogP contribution in [0.1, 0.15) is 32.8 Å². The molecule has 4 aromatic rings. The van der Waals surface area contributed by atoms with E-state index < -0.39 is 0 Å². The molecule has 1 N–H and O–H groups in total. The van der Waals surface area contributed by atoms with Gasteiger partial charge in [0.15, 0.2) is 10.1 Å². The highest BCUT2D eigenvalue weighted by atomic mass is 32.2. The predicted octanol–water partition coefficient (Wildman–Crippen LogP) is 5.75. The number of nitrogens with zero attached hydrogens (tertiary/aromatic N) is 2. The average Bonchev–Trinajstić information content (AvgIpc) is 3.26. The fourth-order valence-electron chi connectivity index (χ4n) is 2.88. The maximum atomic E-state index is 12.7. The van der Waals surface area contributed by atoms with Crippen molar-refractivity contribution in [1.82, 2.24) is 10.2 Å². The number of amides is 1. The molecule has 4 rings (SSSR count). The Kier molecular flexibility index (Phi) is 5.19. The number of fused-ring (bicyclic) bond motifs is 1. The highest BCUT2D eigenvalue weighted by Crippen LogP contribution is 2.31. The van der Waals surface area contributed by atoms with Crippen molar-refractivity contribution in [2.24, 2.45) is 0 Å². The van der Waals surface area contributed by atoms with E-state index in [9.17, 15) is 4.79 Å². The molecule has 0 unspecified atom stereocenters. The number of rotatable bonds is 5.